The van der Waals surface area contributed by atoms with Crippen LogP contribution in [0.25, 0.3) is 11.4 Å². The predicted molar refractivity (Wildman–Crippen MR) is 238 cm³/mol. The van der Waals surface area contributed by atoms with E-state index in [0.29, 0.717) is 0 Å². The summed E-state index contributed by atoms with van der Waals surface area (Å²) in [5.41, 5.74) is 2.32. The molecular weight excluding hydrogens is 902 g/mol. The molecule has 0 atom stereocenters. The molecule has 2 aromatic carbocycles. The van der Waals surface area contributed by atoms with Gasteiger partial charge in [-0.3, -0.25) is 0 Å². The summed E-state index contributed by atoms with van der Waals surface area (Å²) < 4.78 is 134. The summed E-state index contributed by atoms with van der Waals surface area (Å²) in [6.07, 6.45) is 35.4. The SMILES string of the molecule is CCCCCCCCCCCCOc1ccc(-[n+]2ccccc2)cc1.CCCCCCCCCCCCOc1ccc(-[n+]2ccccc2)cc1.F[P-](F)(F)(F)(F)F.F[P-](F)(F)(F)(F)F. The fourth-order valence-electron chi connectivity index (χ4n) is 6.13. The van der Waals surface area contributed by atoms with E-state index in [1.165, 1.54) is 116 Å². The van der Waals surface area contributed by atoms with Gasteiger partial charge in [0.1, 0.15) is 11.5 Å². The van der Waals surface area contributed by atoms with Crippen molar-refractivity contribution in [2.24, 2.45) is 0 Å². The molecule has 0 fully saturated rings. The zero-order valence-electron chi connectivity index (χ0n) is 37.1. The van der Waals surface area contributed by atoms with E-state index in [0.717, 1.165) is 48.9 Å². The molecule has 0 spiro atoms. The van der Waals surface area contributed by atoms with Crippen molar-refractivity contribution in [1.29, 1.82) is 0 Å². The molecular formula is C46H68F12N2O2P2. The second kappa shape index (κ2) is 27.1. The normalized spacial score (nSPS) is 13.5. The van der Waals surface area contributed by atoms with Gasteiger partial charge in [0.25, 0.3) is 0 Å². The average molecular weight is 971 g/mol. The van der Waals surface area contributed by atoms with E-state index in [2.05, 4.69) is 96.3 Å². The fourth-order valence-corrected chi connectivity index (χ4v) is 6.13. The number of unbranched alkanes of at least 4 members (excludes halogenated alkanes) is 18. The fraction of sp³-hybridized carbons (Fsp3) is 0.522. The molecule has 2 heterocycles. The number of nitrogens with zero attached hydrogens (tertiary/aromatic N) is 2. The Hall–Kier alpha value is -3.64. The van der Waals surface area contributed by atoms with Crippen LogP contribution in [0.15, 0.2) is 110 Å². The van der Waals surface area contributed by atoms with Gasteiger partial charge in [0.15, 0.2) is 24.8 Å². The number of aromatic nitrogens is 2. The molecule has 4 aromatic rings. The molecule has 0 N–H and O–H groups in total. The standard InChI is InChI=1S/2C23H34NO.2F6P/c2*1-2-3-4-5-6-7-8-9-10-14-21-25-23-17-15-22(16-18-23)24-19-12-11-13-20-24;2*1-7(2,3,4,5)6/h2*11-13,15-20H,2-10,14,21H2,1H3;;/q2*+1;2*-1. The molecule has 0 saturated heterocycles. The molecule has 2 aromatic heterocycles. The summed E-state index contributed by atoms with van der Waals surface area (Å²) in [5, 5.41) is 0. The monoisotopic (exact) mass is 970 g/mol. The van der Waals surface area contributed by atoms with E-state index in [1.54, 1.807) is 0 Å². The van der Waals surface area contributed by atoms with Gasteiger partial charge in [-0.15, -0.1) is 0 Å². The van der Waals surface area contributed by atoms with Gasteiger partial charge in [-0.2, -0.15) is 9.13 Å². The van der Waals surface area contributed by atoms with Crippen molar-refractivity contribution < 1.29 is 69.0 Å². The van der Waals surface area contributed by atoms with Crippen molar-refractivity contribution in [2.45, 2.75) is 142 Å². The summed E-state index contributed by atoms with van der Waals surface area (Å²) in [6, 6.07) is 28.9. The molecule has 0 saturated carbocycles. The van der Waals surface area contributed by atoms with Gasteiger partial charge in [0, 0.05) is 48.5 Å². The Kier molecular flexibility index (Phi) is 24.7. The number of hydrogen-bond acceptors (Lipinski definition) is 2. The van der Waals surface area contributed by atoms with Gasteiger partial charge < -0.3 is 9.47 Å². The van der Waals surface area contributed by atoms with Gasteiger partial charge >= 0.3 is 66.0 Å². The summed E-state index contributed by atoms with van der Waals surface area (Å²) in [7, 11) is -21.3. The second-order valence-electron chi connectivity index (χ2n) is 15.5. The van der Waals surface area contributed by atoms with E-state index in [-0.39, 0.29) is 0 Å². The van der Waals surface area contributed by atoms with Crippen molar-refractivity contribution in [3.8, 4) is 22.9 Å². The number of rotatable bonds is 26. The minimum absolute atomic E-state index is 0.828. The molecule has 0 unspecified atom stereocenters. The summed E-state index contributed by atoms with van der Waals surface area (Å²) >= 11 is 0. The summed E-state index contributed by atoms with van der Waals surface area (Å²) in [5.74, 6) is 1.94. The zero-order valence-corrected chi connectivity index (χ0v) is 38.9. The number of pyridine rings is 2. The molecule has 64 heavy (non-hydrogen) atoms. The Bertz CT molecular complexity index is 1620. The van der Waals surface area contributed by atoms with Crippen LogP contribution < -0.4 is 18.6 Å². The molecule has 18 heteroatoms. The van der Waals surface area contributed by atoms with Crippen LogP contribution in [0.4, 0.5) is 50.4 Å². The Morgan fingerprint density at radius 1 is 0.328 bits per heavy atom. The van der Waals surface area contributed by atoms with E-state index in [9.17, 15) is 50.4 Å². The third-order valence-electron chi connectivity index (χ3n) is 9.23. The van der Waals surface area contributed by atoms with Gasteiger partial charge in [-0.1, -0.05) is 142 Å². The molecule has 0 amide bonds. The topological polar surface area (TPSA) is 26.2 Å². The first-order valence-electron chi connectivity index (χ1n) is 22.2. The van der Waals surface area contributed by atoms with Crippen LogP contribution in [-0.2, 0) is 0 Å². The Morgan fingerprint density at radius 2 is 0.547 bits per heavy atom. The van der Waals surface area contributed by atoms with Gasteiger partial charge in [-0.25, -0.2) is 0 Å². The third kappa shape index (κ3) is 43.6. The van der Waals surface area contributed by atoms with Crippen molar-refractivity contribution in [3.05, 3.63) is 110 Å². The van der Waals surface area contributed by atoms with Crippen LogP contribution in [0.1, 0.15) is 142 Å². The average Bonchev–Trinajstić information content (AvgIpc) is 3.21. The maximum atomic E-state index is 9.87. The van der Waals surface area contributed by atoms with Crippen LogP contribution in [-0.4, -0.2) is 13.2 Å². The van der Waals surface area contributed by atoms with Gasteiger partial charge in [0.2, 0.25) is 11.4 Å². The van der Waals surface area contributed by atoms with Crippen LogP contribution in [0.5, 0.6) is 11.5 Å². The Balaban J connectivity index is 0.000000494. The maximum absolute atomic E-state index is 10.7. The molecule has 0 bridgehead atoms. The zero-order chi connectivity index (χ0) is 48.0. The van der Waals surface area contributed by atoms with E-state index in [4.69, 9.17) is 9.47 Å². The molecule has 368 valence electrons. The van der Waals surface area contributed by atoms with Crippen molar-refractivity contribution in [1.82, 2.24) is 0 Å². The molecule has 0 aliphatic rings. The Morgan fingerprint density at radius 3 is 0.781 bits per heavy atom. The third-order valence-corrected chi connectivity index (χ3v) is 9.23. The van der Waals surface area contributed by atoms with Crippen molar-refractivity contribution in [2.75, 3.05) is 13.2 Å². The van der Waals surface area contributed by atoms with Crippen LogP contribution in [0.3, 0.4) is 0 Å². The first-order chi connectivity index (χ1) is 29.7. The van der Waals surface area contributed by atoms with Crippen LogP contribution in [0.2, 0.25) is 0 Å². The molecule has 0 aliphatic heterocycles. The second-order valence-corrected chi connectivity index (χ2v) is 19.4. The number of halogens is 12. The van der Waals surface area contributed by atoms with Crippen LogP contribution >= 0.6 is 15.6 Å². The first-order valence-corrected chi connectivity index (χ1v) is 26.3. The molecule has 4 rings (SSSR count). The van der Waals surface area contributed by atoms with Crippen LogP contribution in [0, 0.1) is 0 Å². The van der Waals surface area contributed by atoms with E-state index >= 15 is 0 Å². The predicted octanol–water partition coefficient (Wildman–Crippen LogP) is 19.3. The molecule has 4 nitrogen and oxygen atoms in total. The summed E-state index contributed by atoms with van der Waals surface area (Å²) in [6.45, 7) is 6.21. The number of ether oxygens (including phenoxy) is 2. The quantitative estimate of drug-likeness (QED) is 0.0271. The molecule has 0 radical (unpaired) electrons. The van der Waals surface area contributed by atoms with Gasteiger partial charge in [-0.05, 0) is 37.1 Å². The Labute approximate surface area is 371 Å². The van der Waals surface area contributed by atoms with E-state index in [1.807, 2.05) is 36.4 Å². The first kappa shape index (κ1) is 58.4. The number of hydrogen-bond donors (Lipinski definition) is 0. The van der Waals surface area contributed by atoms with Gasteiger partial charge in [0.05, 0.1) is 13.2 Å². The minimum atomic E-state index is -10.7. The van der Waals surface area contributed by atoms with Crippen molar-refractivity contribution in [3.63, 3.8) is 0 Å². The van der Waals surface area contributed by atoms with E-state index < -0.39 is 15.6 Å². The number of benzene rings is 2. The summed E-state index contributed by atoms with van der Waals surface area (Å²) in [4.78, 5) is 0. The van der Waals surface area contributed by atoms with Crippen molar-refractivity contribution >= 4 is 15.6 Å². The molecule has 0 aliphatic carbocycles.